The number of carboxylic acids is 1. The molecule has 0 amide bonds. The number of furan rings is 1. The second kappa shape index (κ2) is 5.40. The number of aromatic nitrogens is 1. The van der Waals surface area contributed by atoms with Crippen molar-refractivity contribution in [2.75, 3.05) is 0 Å². The summed E-state index contributed by atoms with van der Waals surface area (Å²) in [6.45, 7) is 2.31. The predicted octanol–water partition coefficient (Wildman–Crippen LogP) is 4.40. The van der Waals surface area contributed by atoms with E-state index in [-0.39, 0.29) is 5.56 Å². The molecule has 1 fully saturated rings. The van der Waals surface area contributed by atoms with Crippen molar-refractivity contribution in [1.82, 2.24) is 4.98 Å². The van der Waals surface area contributed by atoms with Crippen LogP contribution >= 0.6 is 11.3 Å². The van der Waals surface area contributed by atoms with Gasteiger partial charge in [0, 0.05) is 17.4 Å². The molecule has 0 unspecified atom stereocenters. The molecule has 2 aromatic heterocycles. The minimum absolute atomic E-state index is 0.168. The molecule has 5 heteroatoms. The van der Waals surface area contributed by atoms with Crippen molar-refractivity contribution in [2.45, 2.75) is 38.5 Å². The number of nitrogens with zero attached hydrogens (tertiary/aromatic N) is 1. The maximum atomic E-state index is 10.9. The van der Waals surface area contributed by atoms with Crippen LogP contribution in [0.5, 0.6) is 0 Å². The second-order valence-electron chi connectivity index (χ2n) is 5.53. The van der Waals surface area contributed by atoms with Crippen LogP contribution in [0.25, 0.3) is 11.5 Å². The smallest absolute Gasteiger partial charge is 0.338 e. The summed E-state index contributed by atoms with van der Waals surface area (Å²) in [5, 5.41) is 12.0. The molecule has 20 heavy (non-hydrogen) atoms. The van der Waals surface area contributed by atoms with Gasteiger partial charge < -0.3 is 9.52 Å². The predicted molar refractivity (Wildman–Crippen MR) is 77.1 cm³/mol. The van der Waals surface area contributed by atoms with E-state index in [9.17, 15) is 4.79 Å². The number of aromatic carboxylic acids is 1. The maximum absolute atomic E-state index is 10.9. The SMILES string of the molecule is CC1CCC(c2nc(-c3cc(C(=O)O)co3)cs2)CC1. The first-order valence-electron chi connectivity index (χ1n) is 6.91. The molecule has 0 atom stereocenters. The molecule has 1 N–H and O–H groups in total. The van der Waals surface area contributed by atoms with Gasteiger partial charge in [-0.3, -0.25) is 0 Å². The monoisotopic (exact) mass is 291 g/mol. The van der Waals surface area contributed by atoms with Gasteiger partial charge in [0.2, 0.25) is 0 Å². The summed E-state index contributed by atoms with van der Waals surface area (Å²) in [5.74, 6) is 0.943. The van der Waals surface area contributed by atoms with E-state index in [0.717, 1.165) is 16.6 Å². The van der Waals surface area contributed by atoms with Gasteiger partial charge in [-0.25, -0.2) is 9.78 Å². The molecular weight excluding hydrogens is 274 g/mol. The lowest BCUT2D eigenvalue weighted by Gasteiger charge is -2.24. The van der Waals surface area contributed by atoms with Gasteiger partial charge in [0.25, 0.3) is 0 Å². The molecule has 2 heterocycles. The molecule has 0 bridgehead atoms. The van der Waals surface area contributed by atoms with Crippen molar-refractivity contribution < 1.29 is 14.3 Å². The third-order valence-corrected chi connectivity index (χ3v) is 4.99. The summed E-state index contributed by atoms with van der Waals surface area (Å²) in [4.78, 5) is 15.5. The van der Waals surface area contributed by atoms with Crippen LogP contribution in [0.1, 0.15) is 53.9 Å². The highest BCUT2D eigenvalue weighted by Gasteiger charge is 2.23. The molecule has 1 aliphatic carbocycles. The Kier molecular flexibility index (Phi) is 3.61. The van der Waals surface area contributed by atoms with E-state index in [2.05, 4.69) is 11.9 Å². The largest absolute Gasteiger partial charge is 0.478 e. The van der Waals surface area contributed by atoms with Gasteiger partial charge in [-0.1, -0.05) is 19.8 Å². The van der Waals surface area contributed by atoms with Crippen LogP contribution in [-0.4, -0.2) is 16.1 Å². The van der Waals surface area contributed by atoms with E-state index in [4.69, 9.17) is 9.52 Å². The summed E-state index contributed by atoms with van der Waals surface area (Å²) >= 11 is 1.65. The summed E-state index contributed by atoms with van der Waals surface area (Å²) < 4.78 is 5.29. The summed E-state index contributed by atoms with van der Waals surface area (Å²) in [6.07, 6.45) is 6.20. The molecule has 0 spiro atoms. The van der Waals surface area contributed by atoms with Crippen molar-refractivity contribution in [3.8, 4) is 11.5 Å². The fourth-order valence-electron chi connectivity index (χ4n) is 2.68. The number of rotatable bonds is 3. The average Bonchev–Trinajstić information content (AvgIpc) is 3.08. The Hall–Kier alpha value is -1.62. The molecule has 106 valence electrons. The third kappa shape index (κ3) is 2.63. The number of hydrogen-bond acceptors (Lipinski definition) is 4. The summed E-state index contributed by atoms with van der Waals surface area (Å²) in [5.41, 5.74) is 0.914. The van der Waals surface area contributed by atoms with Gasteiger partial charge in [0.05, 0.1) is 10.6 Å². The van der Waals surface area contributed by atoms with E-state index < -0.39 is 5.97 Å². The van der Waals surface area contributed by atoms with Crippen molar-refractivity contribution in [2.24, 2.45) is 5.92 Å². The molecule has 0 radical (unpaired) electrons. The first-order chi connectivity index (χ1) is 9.63. The van der Waals surface area contributed by atoms with Crippen LogP contribution in [0.4, 0.5) is 0 Å². The lowest BCUT2D eigenvalue weighted by atomic mass is 9.83. The zero-order chi connectivity index (χ0) is 14.1. The lowest BCUT2D eigenvalue weighted by Crippen LogP contribution is -2.10. The molecule has 1 saturated carbocycles. The van der Waals surface area contributed by atoms with Crippen LogP contribution in [0.3, 0.4) is 0 Å². The molecule has 3 rings (SSSR count). The van der Waals surface area contributed by atoms with Crippen molar-refractivity contribution >= 4 is 17.3 Å². The standard InChI is InChI=1S/C15H17NO3S/c1-9-2-4-10(5-3-9)14-16-12(8-20-14)13-6-11(7-19-13)15(17)18/h6-10H,2-5H2,1H3,(H,17,18). The zero-order valence-corrected chi connectivity index (χ0v) is 12.2. The zero-order valence-electron chi connectivity index (χ0n) is 11.3. The van der Waals surface area contributed by atoms with Crippen molar-refractivity contribution in [3.63, 3.8) is 0 Å². The number of carboxylic acid groups (broad SMARTS) is 1. The van der Waals surface area contributed by atoms with Gasteiger partial charge in [-0.05, 0) is 18.8 Å². The molecule has 0 aromatic carbocycles. The molecular formula is C15H17NO3S. The Balaban J connectivity index is 1.77. The first kappa shape index (κ1) is 13.4. The molecule has 0 aliphatic heterocycles. The highest BCUT2D eigenvalue weighted by Crippen LogP contribution is 2.38. The minimum Gasteiger partial charge on any atom is -0.478 e. The van der Waals surface area contributed by atoms with Gasteiger partial charge in [0.15, 0.2) is 5.76 Å². The Morgan fingerprint density at radius 2 is 2.15 bits per heavy atom. The van der Waals surface area contributed by atoms with E-state index in [1.807, 2.05) is 5.38 Å². The van der Waals surface area contributed by atoms with Crippen molar-refractivity contribution in [1.29, 1.82) is 0 Å². The number of hydrogen-bond donors (Lipinski definition) is 1. The number of thiazole rings is 1. The summed E-state index contributed by atoms with van der Waals surface area (Å²) in [7, 11) is 0. The third-order valence-electron chi connectivity index (χ3n) is 3.99. The Bertz CT molecular complexity index is 608. The first-order valence-corrected chi connectivity index (χ1v) is 7.79. The fourth-order valence-corrected chi connectivity index (χ4v) is 3.66. The van der Waals surface area contributed by atoms with Crippen LogP contribution in [0, 0.1) is 5.92 Å². The van der Waals surface area contributed by atoms with Crippen LogP contribution < -0.4 is 0 Å². The molecule has 1 aliphatic rings. The highest BCUT2D eigenvalue weighted by atomic mass is 32.1. The second-order valence-corrected chi connectivity index (χ2v) is 6.42. The van der Waals surface area contributed by atoms with Gasteiger partial charge >= 0.3 is 5.97 Å². The Labute approximate surface area is 121 Å². The molecule has 4 nitrogen and oxygen atoms in total. The quantitative estimate of drug-likeness (QED) is 0.910. The normalized spacial score (nSPS) is 22.9. The Morgan fingerprint density at radius 3 is 2.80 bits per heavy atom. The average molecular weight is 291 g/mol. The maximum Gasteiger partial charge on any atom is 0.338 e. The minimum atomic E-state index is -0.975. The highest BCUT2D eigenvalue weighted by molar-refractivity contribution is 7.10. The van der Waals surface area contributed by atoms with Crippen LogP contribution in [-0.2, 0) is 0 Å². The van der Waals surface area contributed by atoms with Gasteiger partial charge in [-0.2, -0.15) is 0 Å². The number of carbonyl (C=O) groups is 1. The summed E-state index contributed by atoms with van der Waals surface area (Å²) in [6, 6.07) is 1.53. The van der Waals surface area contributed by atoms with Gasteiger partial charge in [-0.15, -0.1) is 11.3 Å². The van der Waals surface area contributed by atoms with E-state index in [1.54, 1.807) is 11.3 Å². The van der Waals surface area contributed by atoms with Gasteiger partial charge in [0.1, 0.15) is 12.0 Å². The van der Waals surface area contributed by atoms with E-state index in [0.29, 0.717) is 11.7 Å². The van der Waals surface area contributed by atoms with Crippen molar-refractivity contribution in [3.05, 3.63) is 28.3 Å². The lowest BCUT2D eigenvalue weighted by molar-refractivity contribution is 0.0696. The molecule has 0 saturated heterocycles. The van der Waals surface area contributed by atoms with E-state index in [1.165, 1.54) is 38.0 Å². The Morgan fingerprint density at radius 1 is 1.40 bits per heavy atom. The topological polar surface area (TPSA) is 63.3 Å². The van der Waals surface area contributed by atoms with Crippen LogP contribution in [0.15, 0.2) is 22.1 Å². The fraction of sp³-hybridized carbons (Fsp3) is 0.467. The van der Waals surface area contributed by atoms with E-state index >= 15 is 0 Å². The molecule has 2 aromatic rings. The van der Waals surface area contributed by atoms with Crippen LogP contribution in [0.2, 0.25) is 0 Å².